The van der Waals surface area contributed by atoms with Gasteiger partial charge in [0.15, 0.2) is 0 Å². The molecule has 2 aromatic rings. The summed E-state index contributed by atoms with van der Waals surface area (Å²) < 4.78 is 0. The molecule has 6 heteroatoms. The lowest BCUT2D eigenvalue weighted by molar-refractivity contribution is 0.0696. The van der Waals surface area contributed by atoms with Crippen molar-refractivity contribution in [3.05, 3.63) is 50.5 Å². The third-order valence-electron chi connectivity index (χ3n) is 4.63. The number of thiazole rings is 1. The van der Waals surface area contributed by atoms with Gasteiger partial charge >= 0.3 is 5.97 Å². The van der Waals surface area contributed by atoms with Crippen molar-refractivity contribution in [2.24, 2.45) is 0 Å². The van der Waals surface area contributed by atoms with Crippen LogP contribution in [0.2, 0.25) is 0 Å². The van der Waals surface area contributed by atoms with Crippen LogP contribution >= 0.6 is 11.3 Å². The Morgan fingerprint density at radius 1 is 1.32 bits per heavy atom. The Kier molecular flexibility index (Phi) is 4.90. The highest BCUT2D eigenvalue weighted by atomic mass is 32.1. The van der Waals surface area contributed by atoms with E-state index in [1.807, 2.05) is 0 Å². The SMILES string of the molecule is CCc1nc2c(s1)C(N(C)C(=O)c1cc(C)cc(C(=O)O)c1)CCC2. The molecule has 0 aliphatic heterocycles. The number of nitrogens with zero attached hydrogens (tertiary/aromatic N) is 2. The van der Waals surface area contributed by atoms with Crippen LogP contribution < -0.4 is 0 Å². The van der Waals surface area contributed by atoms with E-state index in [1.54, 1.807) is 42.3 Å². The zero-order chi connectivity index (χ0) is 18.1. The van der Waals surface area contributed by atoms with Crippen LogP contribution in [0.1, 0.15) is 67.7 Å². The Morgan fingerprint density at radius 3 is 2.72 bits per heavy atom. The summed E-state index contributed by atoms with van der Waals surface area (Å²) in [6, 6.07) is 4.80. The molecule has 1 N–H and O–H groups in total. The van der Waals surface area contributed by atoms with Gasteiger partial charge in [0.2, 0.25) is 0 Å². The van der Waals surface area contributed by atoms with E-state index in [2.05, 4.69) is 11.9 Å². The predicted molar refractivity (Wildman–Crippen MR) is 97.4 cm³/mol. The largest absolute Gasteiger partial charge is 0.478 e. The number of benzene rings is 1. The second-order valence-electron chi connectivity index (χ2n) is 6.49. The molecule has 0 radical (unpaired) electrons. The van der Waals surface area contributed by atoms with Crippen molar-refractivity contribution in [1.29, 1.82) is 0 Å². The molecule has 0 bridgehead atoms. The van der Waals surface area contributed by atoms with Gasteiger partial charge in [-0.05, 0) is 56.4 Å². The number of hydrogen-bond acceptors (Lipinski definition) is 4. The quantitative estimate of drug-likeness (QED) is 0.901. The van der Waals surface area contributed by atoms with E-state index in [0.717, 1.165) is 41.9 Å². The minimum atomic E-state index is -1.02. The number of aryl methyl sites for hydroxylation is 3. The zero-order valence-corrected chi connectivity index (χ0v) is 15.5. The molecule has 1 aromatic heterocycles. The van der Waals surface area contributed by atoms with Gasteiger partial charge in [-0.15, -0.1) is 11.3 Å². The van der Waals surface area contributed by atoms with E-state index in [9.17, 15) is 14.7 Å². The van der Waals surface area contributed by atoms with Crippen molar-refractivity contribution in [2.45, 2.75) is 45.6 Å². The molecular formula is C19H22N2O3S. The topological polar surface area (TPSA) is 70.5 Å². The van der Waals surface area contributed by atoms with E-state index >= 15 is 0 Å². The molecular weight excluding hydrogens is 336 g/mol. The summed E-state index contributed by atoms with van der Waals surface area (Å²) in [5.74, 6) is -1.16. The van der Waals surface area contributed by atoms with Gasteiger partial charge in [-0.25, -0.2) is 9.78 Å². The van der Waals surface area contributed by atoms with Crippen molar-refractivity contribution >= 4 is 23.2 Å². The van der Waals surface area contributed by atoms with Crippen LogP contribution in [0.15, 0.2) is 18.2 Å². The van der Waals surface area contributed by atoms with Crippen LogP contribution in [0.25, 0.3) is 0 Å². The highest BCUT2D eigenvalue weighted by Gasteiger charge is 2.30. The Balaban J connectivity index is 1.91. The van der Waals surface area contributed by atoms with Crippen molar-refractivity contribution in [1.82, 2.24) is 9.88 Å². The van der Waals surface area contributed by atoms with Crippen LogP contribution in [0, 0.1) is 6.92 Å². The molecule has 1 aliphatic carbocycles. The van der Waals surface area contributed by atoms with Gasteiger partial charge in [0.1, 0.15) is 0 Å². The summed E-state index contributed by atoms with van der Waals surface area (Å²) >= 11 is 1.70. The van der Waals surface area contributed by atoms with Gasteiger partial charge in [-0.1, -0.05) is 6.92 Å². The van der Waals surface area contributed by atoms with E-state index in [0.29, 0.717) is 5.56 Å². The van der Waals surface area contributed by atoms with Crippen LogP contribution in [0.5, 0.6) is 0 Å². The van der Waals surface area contributed by atoms with Crippen molar-refractivity contribution in [3.63, 3.8) is 0 Å². The number of carboxylic acids is 1. The maximum absolute atomic E-state index is 13.0. The van der Waals surface area contributed by atoms with Gasteiger partial charge in [0.25, 0.3) is 5.91 Å². The summed E-state index contributed by atoms with van der Waals surface area (Å²) in [7, 11) is 1.80. The zero-order valence-electron chi connectivity index (χ0n) is 14.7. The molecule has 1 amide bonds. The maximum Gasteiger partial charge on any atom is 0.335 e. The minimum Gasteiger partial charge on any atom is -0.478 e. The molecule has 132 valence electrons. The number of carboxylic acid groups (broad SMARTS) is 1. The molecule has 0 fully saturated rings. The first kappa shape index (κ1) is 17.6. The second kappa shape index (κ2) is 6.96. The summed E-state index contributed by atoms with van der Waals surface area (Å²) in [5.41, 5.74) is 2.46. The lowest BCUT2D eigenvalue weighted by Crippen LogP contribution is -2.33. The standard InChI is InChI=1S/C19H22N2O3S/c1-4-16-20-14-6-5-7-15(17(14)25-16)21(3)18(22)12-8-11(2)9-13(10-12)19(23)24/h8-10,15H,4-7H2,1-3H3,(H,23,24). The van der Waals surface area contributed by atoms with Crippen LogP contribution in [0.4, 0.5) is 0 Å². The van der Waals surface area contributed by atoms with Crippen molar-refractivity contribution in [3.8, 4) is 0 Å². The lowest BCUT2D eigenvalue weighted by Gasteiger charge is -2.31. The first-order chi connectivity index (χ1) is 11.9. The van der Waals surface area contributed by atoms with Gasteiger partial charge < -0.3 is 10.0 Å². The molecule has 1 aromatic carbocycles. The first-order valence-corrected chi connectivity index (χ1v) is 9.33. The number of carbonyl (C=O) groups excluding carboxylic acids is 1. The number of hydrogen-bond donors (Lipinski definition) is 1. The molecule has 0 saturated heterocycles. The van der Waals surface area contributed by atoms with Crippen LogP contribution in [0.3, 0.4) is 0 Å². The van der Waals surface area contributed by atoms with Crippen LogP contribution in [-0.2, 0) is 12.8 Å². The highest BCUT2D eigenvalue weighted by Crippen LogP contribution is 2.38. The average molecular weight is 358 g/mol. The Hall–Kier alpha value is -2.21. The predicted octanol–water partition coefficient (Wildman–Crippen LogP) is 3.86. The number of fused-ring (bicyclic) bond motifs is 1. The third kappa shape index (κ3) is 3.44. The Labute approximate surface area is 151 Å². The fourth-order valence-electron chi connectivity index (χ4n) is 3.34. The normalized spacial score (nSPS) is 16.4. The molecule has 5 nitrogen and oxygen atoms in total. The molecule has 1 unspecified atom stereocenters. The fourth-order valence-corrected chi connectivity index (χ4v) is 4.58. The molecule has 0 spiro atoms. The molecule has 1 aliphatic rings. The number of amides is 1. The molecule has 0 saturated carbocycles. The molecule has 1 atom stereocenters. The minimum absolute atomic E-state index is 0.0165. The lowest BCUT2D eigenvalue weighted by atomic mass is 9.96. The Morgan fingerprint density at radius 2 is 2.04 bits per heavy atom. The number of rotatable bonds is 4. The van der Waals surface area contributed by atoms with E-state index in [1.165, 1.54) is 10.9 Å². The molecule has 3 rings (SSSR count). The van der Waals surface area contributed by atoms with Crippen molar-refractivity contribution in [2.75, 3.05) is 7.05 Å². The van der Waals surface area contributed by atoms with E-state index in [-0.39, 0.29) is 17.5 Å². The monoisotopic (exact) mass is 358 g/mol. The number of aromatic nitrogens is 1. The van der Waals surface area contributed by atoms with E-state index < -0.39 is 5.97 Å². The maximum atomic E-state index is 13.0. The average Bonchev–Trinajstić information content (AvgIpc) is 3.03. The summed E-state index contributed by atoms with van der Waals surface area (Å²) in [6.45, 7) is 3.90. The molecule has 25 heavy (non-hydrogen) atoms. The summed E-state index contributed by atoms with van der Waals surface area (Å²) in [5, 5.41) is 10.3. The smallest absolute Gasteiger partial charge is 0.335 e. The van der Waals surface area contributed by atoms with Gasteiger partial charge in [-0.2, -0.15) is 0 Å². The third-order valence-corrected chi connectivity index (χ3v) is 5.97. The first-order valence-electron chi connectivity index (χ1n) is 8.51. The summed E-state index contributed by atoms with van der Waals surface area (Å²) in [6.07, 6.45) is 3.80. The van der Waals surface area contributed by atoms with Gasteiger partial charge in [0, 0.05) is 12.6 Å². The molecule has 1 heterocycles. The van der Waals surface area contributed by atoms with Gasteiger partial charge in [-0.3, -0.25) is 4.79 Å². The van der Waals surface area contributed by atoms with E-state index in [4.69, 9.17) is 0 Å². The highest BCUT2D eigenvalue weighted by molar-refractivity contribution is 7.11. The number of aromatic carboxylic acids is 1. The number of carbonyl (C=O) groups is 2. The van der Waals surface area contributed by atoms with Gasteiger partial charge in [0.05, 0.1) is 27.2 Å². The van der Waals surface area contributed by atoms with Crippen LogP contribution in [-0.4, -0.2) is 33.9 Å². The fraction of sp³-hybridized carbons (Fsp3) is 0.421. The summed E-state index contributed by atoms with van der Waals surface area (Å²) in [4.78, 5) is 31.9. The Bertz CT molecular complexity index is 828. The van der Waals surface area contributed by atoms with Crippen molar-refractivity contribution < 1.29 is 14.7 Å². The second-order valence-corrected chi connectivity index (χ2v) is 7.60.